The number of benzene rings is 1. The second kappa shape index (κ2) is 7.15. The Hall–Kier alpha value is -2.67. The van der Waals surface area contributed by atoms with Crippen molar-refractivity contribution in [2.24, 2.45) is 13.0 Å². The fraction of sp³-hybridized carbons (Fsp3) is 0.450. The van der Waals surface area contributed by atoms with Gasteiger partial charge in [-0.1, -0.05) is 12.1 Å². The van der Waals surface area contributed by atoms with Crippen molar-refractivity contribution in [3.8, 4) is 11.1 Å². The molecule has 1 amide bonds. The van der Waals surface area contributed by atoms with E-state index in [1.165, 1.54) is 24.6 Å². The molecule has 0 saturated carbocycles. The summed E-state index contributed by atoms with van der Waals surface area (Å²) in [6.45, 7) is 3.26. The van der Waals surface area contributed by atoms with Crippen LogP contribution in [0.1, 0.15) is 33.7 Å². The van der Waals surface area contributed by atoms with E-state index in [1.807, 2.05) is 12.1 Å². The number of aromatic nitrogens is 2. The number of amides is 1. The molecule has 7 nitrogen and oxygen atoms in total. The topological polar surface area (TPSA) is 76.5 Å². The van der Waals surface area contributed by atoms with Crippen LogP contribution in [0.4, 0.5) is 0 Å². The number of esters is 1. The van der Waals surface area contributed by atoms with E-state index in [9.17, 15) is 9.59 Å². The fourth-order valence-electron chi connectivity index (χ4n) is 4.17. The number of fused-ring (bicyclic) bond motifs is 3. The highest BCUT2D eigenvalue weighted by atomic mass is 16.5. The van der Waals surface area contributed by atoms with Gasteiger partial charge >= 0.3 is 5.97 Å². The summed E-state index contributed by atoms with van der Waals surface area (Å²) in [6.07, 6.45) is 3.97. The molecule has 3 aliphatic heterocycles. The van der Waals surface area contributed by atoms with Crippen LogP contribution in [0.2, 0.25) is 0 Å². The average Bonchev–Trinajstić information content (AvgIpc) is 3.10. The van der Waals surface area contributed by atoms with Gasteiger partial charge in [0.1, 0.15) is 0 Å². The van der Waals surface area contributed by atoms with Crippen molar-refractivity contribution in [2.75, 3.05) is 26.7 Å². The molecule has 1 unspecified atom stereocenters. The molecule has 4 heterocycles. The Bertz CT molecular complexity index is 851. The molecule has 2 aromatic rings. The highest BCUT2D eigenvalue weighted by Gasteiger charge is 2.34. The predicted molar refractivity (Wildman–Crippen MR) is 100 cm³/mol. The molecule has 0 radical (unpaired) electrons. The normalized spacial score (nSPS) is 23.9. The van der Waals surface area contributed by atoms with Crippen molar-refractivity contribution in [3.05, 3.63) is 41.7 Å². The first kappa shape index (κ1) is 17.7. The van der Waals surface area contributed by atoms with Gasteiger partial charge in [-0.15, -0.1) is 0 Å². The lowest BCUT2D eigenvalue weighted by Crippen LogP contribution is -2.57. The number of piperidine rings is 3. The zero-order valence-electron chi connectivity index (χ0n) is 15.6. The number of rotatable bonds is 4. The van der Waals surface area contributed by atoms with Gasteiger partial charge in [-0.3, -0.25) is 9.48 Å². The van der Waals surface area contributed by atoms with Gasteiger partial charge in [0.25, 0.3) is 5.91 Å². The van der Waals surface area contributed by atoms with Crippen molar-refractivity contribution in [1.29, 1.82) is 0 Å². The van der Waals surface area contributed by atoms with Crippen molar-refractivity contribution >= 4 is 11.9 Å². The molecule has 3 fully saturated rings. The fourth-order valence-corrected chi connectivity index (χ4v) is 4.17. The Morgan fingerprint density at radius 1 is 1.19 bits per heavy atom. The van der Waals surface area contributed by atoms with Crippen molar-refractivity contribution in [1.82, 2.24) is 20.0 Å². The summed E-state index contributed by atoms with van der Waals surface area (Å²) < 4.78 is 6.34. The monoisotopic (exact) mass is 368 g/mol. The molecule has 1 aromatic carbocycles. The lowest BCUT2D eigenvalue weighted by Gasteiger charge is -2.44. The maximum Gasteiger partial charge on any atom is 0.356 e. The van der Waals surface area contributed by atoms with Gasteiger partial charge in [0.2, 0.25) is 0 Å². The second-order valence-electron chi connectivity index (χ2n) is 7.32. The second-order valence-corrected chi connectivity index (χ2v) is 7.32. The molecule has 5 rings (SSSR count). The molecule has 1 N–H and O–H groups in total. The molecule has 0 spiro atoms. The van der Waals surface area contributed by atoms with Gasteiger partial charge < -0.3 is 15.0 Å². The highest BCUT2D eigenvalue weighted by Crippen LogP contribution is 2.28. The van der Waals surface area contributed by atoms with Crippen LogP contribution >= 0.6 is 0 Å². The first-order chi connectivity index (χ1) is 13.1. The summed E-state index contributed by atoms with van der Waals surface area (Å²) in [6, 6.07) is 7.51. The molecule has 2 bridgehead atoms. The lowest BCUT2D eigenvalue weighted by atomic mass is 9.84. The highest BCUT2D eigenvalue weighted by molar-refractivity contribution is 5.97. The molecular formula is C20H24N4O3. The van der Waals surface area contributed by atoms with E-state index in [0.717, 1.165) is 25.2 Å². The molecule has 3 saturated heterocycles. The summed E-state index contributed by atoms with van der Waals surface area (Å²) in [5.74, 6) is 0.116. The largest absolute Gasteiger partial charge is 0.464 e. The number of nitrogens with one attached hydrogen (secondary N) is 1. The molecule has 7 heteroatoms. The zero-order valence-corrected chi connectivity index (χ0v) is 15.6. The van der Waals surface area contributed by atoms with E-state index in [4.69, 9.17) is 4.74 Å². The van der Waals surface area contributed by atoms with Gasteiger partial charge in [0.15, 0.2) is 5.69 Å². The number of ether oxygens (including phenoxy) is 1. The van der Waals surface area contributed by atoms with E-state index in [-0.39, 0.29) is 11.9 Å². The SMILES string of the molecule is COC(=O)c1c(-c2ccc(C(=O)NC3CN4CCC3CC4)cc2)cnn1C. The van der Waals surface area contributed by atoms with E-state index < -0.39 is 5.97 Å². The van der Waals surface area contributed by atoms with Gasteiger partial charge in [0, 0.05) is 30.8 Å². The lowest BCUT2D eigenvalue weighted by molar-refractivity contribution is 0.0588. The molecule has 3 aliphatic rings. The van der Waals surface area contributed by atoms with Gasteiger partial charge in [-0.05, 0) is 49.5 Å². The molecule has 1 aromatic heterocycles. The molecule has 27 heavy (non-hydrogen) atoms. The Morgan fingerprint density at radius 2 is 1.89 bits per heavy atom. The number of methoxy groups -OCH3 is 1. The van der Waals surface area contributed by atoms with Crippen LogP contribution in [0.5, 0.6) is 0 Å². The zero-order chi connectivity index (χ0) is 19.0. The molecular weight excluding hydrogens is 344 g/mol. The first-order valence-electron chi connectivity index (χ1n) is 9.31. The Labute approximate surface area is 158 Å². The minimum absolute atomic E-state index is 0.0420. The minimum Gasteiger partial charge on any atom is -0.464 e. The third-order valence-electron chi connectivity index (χ3n) is 5.75. The van der Waals surface area contributed by atoms with Crippen molar-refractivity contribution in [2.45, 2.75) is 18.9 Å². The summed E-state index contributed by atoms with van der Waals surface area (Å²) >= 11 is 0. The van der Waals surface area contributed by atoms with Crippen LogP contribution in [-0.2, 0) is 11.8 Å². The number of hydrogen-bond donors (Lipinski definition) is 1. The third kappa shape index (κ3) is 3.35. The number of aryl methyl sites for hydroxylation is 1. The smallest absolute Gasteiger partial charge is 0.356 e. The molecule has 1 atom stereocenters. The summed E-state index contributed by atoms with van der Waals surface area (Å²) in [4.78, 5) is 27.1. The summed E-state index contributed by atoms with van der Waals surface area (Å²) in [5.41, 5.74) is 2.53. The van der Waals surface area contributed by atoms with Gasteiger partial charge in [-0.2, -0.15) is 5.10 Å². The van der Waals surface area contributed by atoms with Crippen LogP contribution in [0.3, 0.4) is 0 Å². The number of carbonyl (C=O) groups is 2. The molecule has 0 aliphatic carbocycles. The van der Waals surface area contributed by atoms with Crippen LogP contribution in [0.25, 0.3) is 11.1 Å². The van der Waals surface area contributed by atoms with E-state index >= 15 is 0 Å². The average molecular weight is 368 g/mol. The van der Waals surface area contributed by atoms with Crippen LogP contribution in [0.15, 0.2) is 30.5 Å². The Kier molecular flexibility index (Phi) is 4.70. The number of nitrogens with zero attached hydrogens (tertiary/aromatic N) is 3. The summed E-state index contributed by atoms with van der Waals surface area (Å²) in [7, 11) is 3.05. The maximum absolute atomic E-state index is 12.6. The van der Waals surface area contributed by atoms with Crippen molar-refractivity contribution in [3.63, 3.8) is 0 Å². The number of carbonyl (C=O) groups excluding carboxylic acids is 2. The van der Waals surface area contributed by atoms with Gasteiger partial charge in [-0.25, -0.2) is 4.79 Å². The molecule has 142 valence electrons. The third-order valence-corrected chi connectivity index (χ3v) is 5.75. The van der Waals surface area contributed by atoms with E-state index in [1.54, 1.807) is 25.4 Å². The quantitative estimate of drug-likeness (QED) is 0.832. The van der Waals surface area contributed by atoms with E-state index in [2.05, 4.69) is 15.3 Å². The Balaban J connectivity index is 1.49. The van der Waals surface area contributed by atoms with Crippen LogP contribution in [0, 0.1) is 5.92 Å². The maximum atomic E-state index is 12.6. The minimum atomic E-state index is -0.436. The van der Waals surface area contributed by atoms with Crippen molar-refractivity contribution < 1.29 is 14.3 Å². The number of hydrogen-bond acceptors (Lipinski definition) is 5. The standard InChI is InChI=1S/C20H24N4O3/c1-23-18(20(26)27-2)16(11-21-23)13-3-5-15(6-4-13)19(25)22-17-12-24-9-7-14(17)8-10-24/h3-6,11,14,17H,7-10,12H2,1-2H3,(H,22,25). The predicted octanol–water partition coefficient (Wildman–Crippen LogP) is 1.70. The van der Waals surface area contributed by atoms with E-state index in [0.29, 0.717) is 22.7 Å². The summed E-state index contributed by atoms with van der Waals surface area (Å²) in [5, 5.41) is 7.35. The first-order valence-corrected chi connectivity index (χ1v) is 9.31. The van der Waals surface area contributed by atoms with Gasteiger partial charge in [0.05, 0.1) is 13.3 Å². The Morgan fingerprint density at radius 3 is 2.48 bits per heavy atom. The van der Waals surface area contributed by atoms with Crippen LogP contribution in [-0.4, -0.2) is 59.3 Å². The van der Waals surface area contributed by atoms with Crippen LogP contribution < -0.4 is 5.32 Å².